The third kappa shape index (κ3) is 8.73. The minimum atomic E-state index is -4.36. The second-order valence-electron chi connectivity index (χ2n) is 7.73. The predicted molar refractivity (Wildman–Crippen MR) is 103 cm³/mol. The molecule has 0 heterocycles. The van der Waals surface area contributed by atoms with E-state index in [2.05, 4.69) is 5.32 Å². The maximum absolute atomic E-state index is 12.7. The van der Waals surface area contributed by atoms with Gasteiger partial charge < -0.3 is 21.1 Å². The molecule has 158 valence electrons. The molecule has 5 N–H and O–H groups in total. The summed E-state index contributed by atoms with van der Waals surface area (Å²) in [5, 5.41) is 11.9. The van der Waals surface area contributed by atoms with E-state index in [-0.39, 0.29) is 18.2 Å². The molecule has 0 bridgehead atoms. The van der Waals surface area contributed by atoms with Crippen LogP contribution in [0.3, 0.4) is 0 Å². The van der Waals surface area contributed by atoms with E-state index in [1.54, 1.807) is 13.8 Å². The van der Waals surface area contributed by atoms with E-state index >= 15 is 0 Å². The third-order valence-corrected chi connectivity index (χ3v) is 7.01. The van der Waals surface area contributed by atoms with Crippen molar-refractivity contribution in [3.63, 3.8) is 0 Å². The molecular weight excluding hydrogens is 371 g/mol. The van der Waals surface area contributed by atoms with Gasteiger partial charge in [-0.1, -0.05) is 39.5 Å². The molecule has 3 atom stereocenters. The van der Waals surface area contributed by atoms with Crippen LogP contribution >= 0.6 is 7.60 Å². The van der Waals surface area contributed by atoms with Crippen LogP contribution in [0.5, 0.6) is 0 Å². The van der Waals surface area contributed by atoms with Crippen LogP contribution in [0.4, 0.5) is 0 Å². The first kappa shape index (κ1) is 24.1. The number of unbranched alkanes of at least 4 members (excludes halogenated alkanes) is 1. The first-order valence-electron chi connectivity index (χ1n) is 9.90. The quantitative estimate of drug-likeness (QED) is 0.272. The number of hydrogen-bond donors (Lipinski definition) is 4. The fourth-order valence-corrected chi connectivity index (χ4v) is 5.19. The number of carboxylic acids is 1. The molecule has 0 aliphatic heterocycles. The molecule has 0 aromatic carbocycles. The molecule has 0 aromatic heterocycles. The highest BCUT2D eigenvalue weighted by atomic mass is 31.2. The van der Waals surface area contributed by atoms with E-state index in [9.17, 15) is 24.2 Å². The number of rotatable bonds is 13. The fourth-order valence-electron chi connectivity index (χ4n) is 3.44. The van der Waals surface area contributed by atoms with Crippen molar-refractivity contribution in [2.45, 2.75) is 83.5 Å². The summed E-state index contributed by atoms with van der Waals surface area (Å²) in [5.41, 5.74) is 5.39. The Hall–Kier alpha value is -0.950. The van der Waals surface area contributed by atoms with Gasteiger partial charge in [0, 0.05) is 6.42 Å². The van der Waals surface area contributed by atoms with Crippen LogP contribution < -0.4 is 11.1 Å². The van der Waals surface area contributed by atoms with Crippen molar-refractivity contribution in [2.75, 3.05) is 6.54 Å². The Morgan fingerprint density at radius 3 is 2.41 bits per heavy atom. The summed E-state index contributed by atoms with van der Waals surface area (Å²) < 4.78 is 17.8. The third-order valence-electron chi connectivity index (χ3n) is 5.02. The lowest BCUT2D eigenvalue weighted by atomic mass is 10.0. The number of amides is 1. The molecule has 0 radical (unpaired) electrons. The van der Waals surface area contributed by atoms with Crippen molar-refractivity contribution in [1.82, 2.24) is 5.32 Å². The number of nitrogens with one attached hydrogen (secondary N) is 1. The monoisotopic (exact) mass is 406 g/mol. The van der Waals surface area contributed by atoms with Crippen LogP contribution in [0.2, 0.25) is 0 Å². The van der Waals surface area contributed by atoms with Crippen LogP contribution in [0.15, 0.2) is 0 Å². The van der Waals surface area contributed by atoms with Gasteiger partial charge in [-0.2, -0.15) is 0 Å². The number of carbonyl (C=O) groups is 2. The summed E-state index contributed by atoms with van der Waals surface area (Å²) in [6.07, 6.45) is 5.50. The zero-order valence-electron chi connectivity index (χ0n) is 16.4. The molecule has 0 aromatic rings. The zero-order chi connectivity index (χ0) is 20.4. The normalized spacial score (nSPS) is 19.6. The van der Waals surface area contributed by atoms with E-state index in [0.29, 0.717) is 31.7 Å². The number of nitrogens with two attached hydrogens (primary N) is 1. The minimum absolute atomic E-state index is 0.0948. The van der Waals surface area contributed by atoms with Crippen molar-refractivity contribution >= 4 is 19.5 Å². The topological polar surface area (TPSA) is 139 Å². The summed E-state index contributed by atoms with van der Waals surface area (Å²) >= 11 is 0. The average molecular weight is 406 g/mol. The maximum Gasteiger partial charge on any atom is 0.351 e. The molecule has 1 fully saturated rings. The van der Waals surface area contributed by atoms with Crippen LogP contribution in [-0.2, 0) is 18.7 Å². The van der Waals surface area contributed by atoms with Gasteiger partial charge in [-0.05, 0) is 44.1 Å². The Labute approximate surface area is 161 Å². The first-order chi connectivity index (χ1) is 12.7. The van der Waals surface area contributed by atoms with Gasteiger partial charge in [0.05, 0.1) is 0 Å². The molecule has 1 aliphatic carbocycles. The highest BCUT2D eigenvalue weighted by Crippen LogP contribution is 2.50. The van der Waals surface area contributed by atoms with Crippen molar-refractivity contribution in [3.05, 3.63) is 0 Å². The van der Waals surface area contributed by atoms with E-state index in [4.69, 9.17) is 10.3 Å². The van der Waals surface area contributed by atoms with Crippen molar-refractivity contribution in [3.8, 4) is 0 Å². The van der Waals surface area contributed by atoms with E-state index < -0.39 is 25.5 Å². The van der Waals surface area contributed by atoms with E-state index in [1.807, 2.05) is 0 Å². The smallest absolute Gasteiger partial charge is 0.351 e. The van der Waals surface area contributed by atoms with Crippen LogP contribution in [0.1, 0.15) is 71.6 Å². The molecular formula is C18H35N2O6P. The summed E-state index contributed by atoms with van der Waals surface area (Å²) in [4.78, 5) is 34.0. The minimum Gasteiger partial charge on any atom is -0.479 e. The zero-order valence-corrected chi connectivity index (χ0v) is 17.3. The summed E-state index contributed by atoms with van der Waals surface area (Å²) in [6.45, 7) is 3.80. The molecule has 1 saturated carbocycles. The summed E-state index contributed by atoms with van der Waals surface area (Å²) in [6, 6.07) is 0. The van der Waals surface area contributed by atoms with Gasteiger partial charge in [0.1, 0.15) is 5.78 Å². The second-order valence-corrected chi connectivity index (χ2v) is 9.62. The largest absolute Gasteiger partial charge is 0.479 e. The molecule has 8 nitrogen and oxygen atoms in total. The summed E-state index contributed by atoms with van der Waals surface area (Å²) in [5.74, 6) is -2.56. The highest BCUT2D eigenvalue weighted by Gasteiger charge is 2.40. The Balaban J connectivity index is 2.66. The molecule has 27 heavy (non-hydrogen) atoms. The number of carboxylic acid groups (broad SMARTS) is 1. The van der Waals surface area contributed by atoms with E-state index in [0.717, 1.165) is 19.3 Å². The van der Waals surface area contributed by atoms with Crippen molar-refractivity contribution < 1.29 is 28.7 Å². The Morgan fingerprint density at radius 1 is 1.26 bits per heavy atom. The van der Waals surface area contributed by atoms with Gasteiger partial charge in [0.25, 0.3) is 0 Å². The van der Waals surface area contributed by atoms with Crippen molar-refractivity contribution in [1.29, 1.82) is 0 Å². The van der Waals surface area contributed by atoms with Gasteiger partial charge in [-0.3, -0.25) is 13.9 Å². The van der Waals surface area contributed by atoms with Gasteiger partial charge in [0.15, 0.2) is 6.10 Å². The molecule has 0 saturated heterocycles. The SMILES string of the molecule is CC(C)C(NC(=O)CCC1CCCC1)P(=O)(O)O[C@@H](CCCCN)C(=O)O. The number of carbonyl (C=O) groups excluding carboxylic acids is 1. The highest BCUT2D eigenvalue weighted by molar-refractivity contribution is 7.53. The standard InChI is InChI=1S/C18H35N2O6P/c1-13(2)17(20-16(21)11-10-14-7-3-4-8-14)27(24,25)26-15(18(22)23)9-5-6-12-19/h13-15,17H,3-12,19H2,1-2H3,(H,20,21)(H,22,23)(H,24,25)/t15-,17?/m0/s1. The van der Waals surface area contributed by atoms with Gasteiger partial charge in [0.2, 0.25) is 5.91 Å². The fraction of sp³-hybridized carbons (Fsp3) is 0.889. The van der Waals surface area contributed by atoms with E-state index in [1.165, 1.54) is 12.8 Å². The lowest BCUT2D eigenvalue weighted by molar-refractivity contribution is -0.145. The molecule has 1 amide bonds. The number of aliphatic carboxylic acids is 1. The van der Waals surface area contributed by atoms with Gasteiger partial charge in [-0.25, -0.2) is 4.79 Å². The Kier molecular flexibility index (Phi) is 10.5. The summed E-state index contributed by atoms with van der Waals surface area (Å²) in [7, 11) is -4.36. The Bertz CT molecular complexity index is 522. The van der Waals surface area contributed by atoms with Crippen LogP contribution in [0, 0.1) is 11.8 Å². The Morgan fingerprint density at radius 2 is 1.89 bits per heavy atom. The molecule has 0 spiro atoms. The second kappa shape index (κ2) is 11.8. The van der Waals surface area contributed by atoms with Crippen LogP contribution in [0.25, 0.3) is 0 Å². The molecule has 1 aliphatic rings. The predicted octanol–water partition coefficient (Wildman–Crippen LogP) is 2.84. The van der Waals surface area contributed by atoms with Crippen LogP contribution in [-0.4, -0.2) is 40.3 Å². The first-order valence-corrected chi connectivity index (χ1v) is 11.5. The molecule has 1 rings (SSSR count). The van der Waals surface area contributed by atoms with Gasteiger partial charge in [-0.15, -0.1) is 0 Å². The van der Waals surface area contributed by atoms with Gasteiger partial charge >= 0.3 is 13.6 Å². The molecule has 9 heteroatoms. The maximum atomic E-state index is 12.7. The average Bonchev–Trinajstić information content (AvgIpc) is 3.10. The van der Waals surface area contributed by atoms with Crippen molar-refractivity contribution in [2.24, 2.45) is 17.6 Å². The number of hydrogen-bond acceptors (Lipinski definition) is 5. The lowest BCUT2D eigenvalue weighted by Gasteiger charge is -2.28. The lowest BCUT2D eigenvalue weighted by Crippen LogP contribution is -2.40. The molecule has 2 unspecified atom stereocenters.